The zero-order valence-corrected chi connectivity index (χ0v) is 21.7. The Hall–Kier alpha value is 0. The lowest BCUT2D eigenvalue weighted by Gasteiger charge is -2.33. The van der Waals surface area contributed by atoms with Crippen molar-refractivity contribution in [2.75, 3.05) is 0 Å². The lowest BCUT2D eigenvalue weighted by Crippen LogP contribution is -2.19. The van der Waals surface area contributed by atoms with E-state index in [1.807, 2.05) is 0 Å². The third-order valence-electron chi connectivity index (χ3n) is 10.0. The number of hydrogen-bond acceptors (Lipinski definition) is 0. The molecule has 0 aromatic heterocycles. The van der Waals surface area contributed by atoms with Crippen LogP contribution in [0.5, 0.6) is 0 Å². The third kappa shape index (κ3) is 9.80. The van der Waals surface area contributed by atoms with Crippen LogP contribution in [0.1, 0.15) is 162 Å². The molecule has 0 heterocycles. The van der Waals surface area contributed by atoms with Gasteiger partial charge in [-0.1, -0.05) is 162 Å². The summed E-state index contributed by atoms with van der Waals surface area (Å²) in [5.74, 6) is 6.53. The highest BCUT2D eigenvalue weighted by Gasteiger charge is 2.26. The van der Waals surface area contributed by atoms with Gasteiger partial charge < -0.3 is 0 Å². The van der Waals surface area contributed by atoms with E-state index in [0.29, 0.717) is 0 Å². The summed E-state index contributed by atoms with van der Waals surface area (Å²) in [4.78, 5) is 0. The highest BCUT2D eigenvalue weighted by molar-refractivity contribution is 4.78. The highest BCUT2D eigenvalue weighted by atomic mass is 14.3. The molecule has 3 fully saturated rings. The highest BCUT2D eigenvalue weighted by Crippen LogP contribution is 2.40. The number of rotatable bonds is 13. The van der Waals surface area contributed by atoms with Crippen LogP contribution in [0.25, 0.3) is 0 Å². The van der Waals surface area contributed by atoms with Crippen LogP contribution < -0.4 is 0 Å². The first-order valence-electron chi connectivity index (χ1n) is 15.3. The van der Waals surface area contributed by atoms with Crippen molar-refractivity contribution in [1.82, 2.24) is 0 Å². The first-order valence-corrected chi connectivity index (χ1v) is 15.3. The lowest BCUT2D eigenvalue weighted by atomic mass is 9.73. The fraction of sp³-hybridized carbons (Fsp3) is 1.00. The third-order valence-corrected chi connectivity index (χ3v) is 10.0. The molecule has 0 amide bonds. The van der Waals surface area contributed by atoms with E-state index in [1.54, 1.807) is 103 Å². The summed E-state index contributed by atoms with van der Waals surface area (Å²) < 4.78 is 0. The zero-order chi connectivity index (χ0) is 21.7. The quantitative estimate of drug-likeness (QED) is 0.255. The van der Waals surface area contributed by atoms with Gasteiger partial charge in [-0.15, -0.1) is 0 Å². The van der Waals surface area contributed by atoms with Crippen molar-refractivity contribution in [2.24, 2.45) is 35.5 Å². The molecule has 0 heteroatoms. The molecule has 31 heavy (non-hydrogen) atoms. The molecular formula is C31H58. The molecule has 3 rings (SSSR count). The molecule has 3 saturated carbocycles. The standard InChI is InChI=1S/C31H58/c1-3-5-6-7-9-27-12-16-29(17-13-27)19-21-31-24-22-30(23-25-31)20-18-28-14-10-26(8-4-2)11-15-28/h26-31H,3-25H2,1-2H3. The average molecular weight is 431 g/mol. The van der Waals surface area contributed by atoms with Crippen LogP contribution in [0.4, 0.5) is 0 Å². The van der Waals surface area contributed by atoms with Gasteiger partial charge in [0.25, 0.3) is 0 Å². The van der Waals surface area contributed by atoms with Crippen molar-refractivity contribution in [3.63, 3.8) is 0 Å². The van der Waals surface area contributed by atoms with Gasteiger partial charge in [0.15, 0.2) is 0 Å². The Morgan fingerprint density at radius 3 is 0.968 bits per heavy atom. The van der Waals surface area contributed by atoms with Crippen LogP contribution in [0, 0.1) is 35.5 Å². The lowest BCUT2D eigenvalue weighted by molar-refractivity contribution is 0.194. The second-order valence-corrected chi connectivity index (χ2v) is 12.5. The maximum Gasteiger partial charge on any atom is -0.0414 e. The van der Waals surface area contributed by atoms with E-state index in [0.717, 1.165) is 35.5 Å². The molecule has 0 unspecified atom stereocenters. The van der Waals surface area contributed by atoms with Crippen molar-refractivity contribution in [2.45, 2.75) is 162 Å². The van der Waals surface area contributed by atoms with Gasteiger partial charge in [-0.3, -0.25) is 0 Å². The van der Waals surface area contributed by atoms with Gasteiger partial charge in [0, 0.05) is 0 Å². The zero-order valence-electron chi connectivity index (χ0n) is 21.7. The first-order chi connectivity index (χ1) is 15.3. The van der Waals surface area contributed by atoms with E-state index in [-0.39, 0.29) is 0 Å². The minimum Gasteiger partial charge on any atom is -0.0654 e. The second kappa shape index (κ2) is 15.0. The molecule has 0 radical (unpaired) electrons. The van der Waals surface area contributed by atoms with Crippen molar-refractivity contribution in [3.8, 4) is 0 Å². The second-order valence-electron chi connectivity index (χ2n) is 12.5. The van der Waals surface area contributed by atoms with Gasteiger partial charge in [0.2, 0.25) is 0 Å². The van der Waals surface area contributed by atoms with E-state index in [9.17, 15) is 0 Å². The largest absolute Gasteiger partial charge is 0.0654 e. The Morgan fingerprint density at radius 2 is 0.645 bits per heavy atom. The smallest absolute Gasteiger partial charge is 0.0414 e. The van der Waals surface area contributed by atoms with Crippen LogP contribution in [0.2, 0.25) is 0 Å². The Labute approximate surface area is 197 Å². The van der Waals surface area contributed by atoms with Crippen molar-refractivity contribution in [3.05, 3.63) is 0 Å². The van der Waals surface area contributed by atoms with E-state index in [1.165, 1.54) is 44.9 Å². The summed E-state index contributed by atoms with van der Waals surface area (Å²) in [5, 5.41) is 0. The van der Waals surface area contributed by atoms with E-state index < -0.39 is 0 Å². The molecule has 0 nitrogen and oxygen atoms in total. The van der Waals surface area contributed by atoms with Crippen LogP contribution in [-0.2, 0) is 0 Å². The molecule has 0 aliphatic heterocycles. The minimum atomic E-state index is 1.08. The monoisotopic (exact) mass is 430 g/mol. The molecule has 0 aromatic carbocycles. The summed E-state index contributed by atoms with van der Waals surface area (Å²) >= 11 is 0. The van der Waals surface area contributed by atoms with Crippen LogP contribution in [-0.4, -0.2) is 0 Å². The predicted octanol–water partition coefficient (Wildman–Crippen LogP) is 10.7. The van der Waals surface area contributed by atoms with E-state index in [4.69, 9.17) is 0 Å². The maximum atomic E-state index is 2.36. The SMILES string of the molecule is CCCCCCC1CCC(CCC2CCC(CCC3CCC(CCC)CC3)CC2)CC1. The normalized spacial score (nSPS) is 34.6. The fourth-order valence-corrected chi connectivity index (χ4v) is 7.64. The first kappa shape index (κ1) is 25.6. The average Bonchev–Trinajstić information content (AvgIpc) is 2.82. The minimum absolute atomic E-state index is 1.08. The maximum absolute atomic E-state index is 2.36. The molecule has 0 spiro atoms. The van der Waals surface area contributed by atoms with Crippen molar-refractivity contribution < 1.29 is 0 Å². The fourth-order valence-electron chi connectivity index (χ4n) is 7.64. The Bertz CT molecular complexity index is 415. The van der Waals surface area contributed by atoms with Crippen molar-refractivity contribution in [1.29, 1.82) is 0 Å². The van der Waals surface area contributed by atoms with Gasteiger partial charge in [0.1, 0.15) is 0 Å². The summed E-state index contributed by atoms with van der Waals surface area (Å²) in [6.07, 6.45) is 35.3. The van der Waals surface area contributed by atoms with Crippen molar-refractivity contribution >= 4 is 0 Å². The topological polar surface area (TPSA) is 0 Å². The predicted molar refractivity (Wildman–Crippen MR) is 138 cm³/mol. The molecule has 0 saturated heterocycles. The molecule has 3 aliphatic carbocycles. The molecule has 0 aromatic rings. The molecule has 0 atom stereocenters. The summed E-state index contributed by atoms with van der Waals surface area (Å²) in [6.45, 7) is 4.70. The van der Waals surface area contributed by atoms with Gasteiger partial charge in [-0.2, -0.15) is 0 Å². The van der Waals surface area contributed by atoms with Crippen LogP contribution in [0.3, 0.4) is 0 Å². The molecule has 182 valence electrons. The Morgan fingerprint density at radius 1 is 0.323 bits per heavy atom. The number of unbranched alkanes of at least 4 members (excludes halogenated alkanes) is 3. The van der Waals surface area contributed by atoms with Crippen LogP contribution in [0.15, 0.2) is 0 Å². The molecule has 0 bridgehead atoms. The summed E-state index contributed by atoms with van der Waals surface area (Å²) in [5.41, 5.74) is 0. The molecule has 0 N–H and O–H groups in total. The van der Waals surface area contributed by atoms with Gasteiger partial charge in [0.05, 0.1) is 0 Å². The Balaban J connectivity index is 1.18. The van der Waals surface area contributed by atoms with Gasteiger partial charge >= 0.3 is 0 Å². The molecular weight excluding hydrogens is 372 g/mol. The van der Waals surface area contributed by atoms with Crippen LogP contribution >= 0.6 is 0 Å². The Kier molecular flexibility index (Phi) is 12.4. The number of hydrogen-bond donors (Lipinski definition) is 0. The van der Waals surface area contributed by atoms with E-state index >= 15 is 0 Å². The molecule has 3 aliphatic rings. The van der Waals surface area contributed by atoms with Gasteiger partial charge in [-0.05, 0) is 35.5 Å². The summed E-state index contributed by atoms with van der Waals surface area (Å²) in [6, 6.07) is 0. The van der Waals surface area contributed by atoms with E-state index in [2.05, 4.69) is 13.8 Å². The van der Waals surface area contributed by atoms with Gasteiger partial charge in [-0.25, -0.2) is 0 Å². The summed E-state index contributed by atoms with van der Waals surface area (Å²) in [7, 11) is 0.